The smallest absolute Gasteiger partial charge is 0.388 e. The van der Waals surface area contributed by atoms with Crippen LogP contribution in [0.5, 0.6) is 0 Å². The summed E-state index contributed by atoms with van der Waals surface area (Å²) >= 11 is 5.97. The molecule has 0 aliphatic carbocycles. The van der Waals surface area contributed by atoms with Crippen LogP contribution in [0, 0.1) is 0 Å². The van der Waals surface area contributed by atoms with E-state index in [0.717, 1.165) is 41.8 Å². The molecule has 2 aromatic rings. The van der Waals surface area contributed by atoms with Gasteiger partial charge in [0.1, 0.15) is 5.60 Å². The molecule has 0 unspecified atom stereocenters. The average molecular weight is 428 g/mol. The number of nitrogens with one attached hydrogen (secondary N) is 1. The number of anilines is 1. The lowest BCUT2D eigenvalue weighted by atomic mass is 9.86. The summed E-state index contributed by atoms with van der Waals surface area (Å²) in [6, 6.07) is 15.4. The van der Waals surface area contributed by atoms with E-state index in [-0.39, 0.29) is 5.60 Å². The van der Waals surface area contributed by atoms with Crippen LogP contribution in [0.2, 0.25) is 5.02 Å². The van der Waals surface area contributed by atoms with Gasteiger partial charge in [-0.25, -0.2) is 4.79 Å². The Bertz CT molecular complexity index is 935. The Hall–Kier alpha value is -2.57. The lowest BCUT2D eigenvalue weighted by molar-refractivity contribution is -0.154. The summed E-state index contributed by atoms with van der Waals surface area (Å²) < 4.78 is 0. The topological polar surface area (TPSA) is 63.2 Å². The molecule has 2 heterocycles. The Balaban J connectivity index is 1.29. The number of carbonyl (C=O) groups excluding carboxylic acids is 1. The number of piperidine rings is 1. The highest BCUT2D eigenvalue weighted by Gasteiger charge is 2.43. The summed E-state index contributed by atoms with van der Waals surface area (Å²) in [6.45, 7) is 5.39. The maximum absolute atomic E-state index is 12.4. The second-order valence-corrected chi connectivity index (χ2v) is 8.61. The minimum atomic E-state index is -0.468. The van der Waals surface area contributed by atoms with Gasteiger partial charge in [-0.15, -0.1) is 5.06 Å². The molecule has 4 rings (SSSR count). The number of benzene rings is 2. The third kappa shape index (κ3) is 4.60. The Kier molecular flexibility index (Phi) is 5.97. The second kappa shape index (κ2) is 8.66. The number of rotatable bonds is 4. The van der Waals surface area contributed by atoms with Crippen molar-refractivity contribution >= 4 is 29.1 Å². The third-order valence-corrected chi connectivity index (χ3v) is 5.93. The molecule has 0 atom stereocenters. The van der Waals surface area contributed by atoms with Crippen LogP contribution in [-0.2, 0) is 9.68 Å². The van der Waals surface area contributed by atoms with Crippen LogP contribution in [0.1, 0.15) is 50.2 Å². The summed E-state index contributed by atoms with van der Waals surface area (Å²) in [5.74, 6) is 0.311. The molecule has 1 fully saturated rings. The van der Waals surface area contributed by atoms with Crippen LogP contribution in [0.3, 0.4) is 0 Å². The van der Waals surface area contributed by atoms with E-state index in [4.69, 9.17) is 21.3 Å². The number of para-hydroxylation sites is 1. The Morgan fingerprint density at radius 2 is 1.87 bits per heavy atom. The van der Waals surface area contributed by atoms with Crippen LogP contribution in [0.25, 0.3) is 0 Å². The van der Waals surface area contributed by atoms with Gasteiger partial charge in [0.2, 0.25) is 0 Å². The fourth-order valence-electron chi connectivity index (χ4n) is 3.94. The van der Waals surface area contributed by atoms with Crippen molar-refractivity contribution in [2.24, 2.45) is 5.16 Å². The van der Waals surface area contributed by atoms with Gasteiger partial charge >= 0.3 is 6.09 Å². The number of hydrogen-bond acceptors (Lipinski definition) is 5. The predicted molar refractivity (Wildman–Crippen MR) is 118 cm³/mol. The maximum Gasteiger partial charge on any atom is 0.430 e. The number of halogens is 1. The lowest BCUT2D eigenvalue weighted by Crippen LogP contribution is -2.45. The molecule has 1 amide bonds. The van der Waals surface area contributed by atoms with Crippen molar-refractivity contribution in [2.75, 3.05) is 18.4 Å². The number of oxime groups is 1. The largest absolute Gasteiger partial charge is 0.430 e. The van der Waals surface area contributed by atoms with Crippen molar-refractivity contribution in [1.82, 2.24) is 5.06 Å². The summed E-state index contributed by atoms with van der Waals surface area (Å²) in [5.41, 5.74) is 3.50. The molecule has 1 spiro atoms. The molecule has 6 nitrogen and oxygen atoms in total. The van der Waals surface area contributed by atoms with E-state index in [9.17, 15) is 4.79 Å². The van der Waals surface area contributed by atoms with Gasteiger partial charge in [0.15, 0.2) is 0 Å². The molecule has 0 bridgehead atoms. The Morgan fingerprint density at radius 3 is 2.57 bits per heavy atom. The molecule has 158 valence electrons. The first kappa shape index (κ1) is 20.7. The van der Waals surface area contributed by atoms with Crippen molar-refractivity contribution in [3.8, 4) is 0 Å². The van der Waals surface area contributed by atoms with Crippen molar-refractivity contribution in [2.45, 2.75) is 44.6 Å². The van der Waals surface area contributed by atoms with E-state index >= 15 is 0 Å². The maximum atomic E-state index is 12.4. The SMILES string of the molecule is CC(C)c1ccccc1NC(=O)ON1CCC2(CC1)CC(c1ccc(Cl)cc1)=NO2. The van der Waals surface area contributed by atoms with Crippen molar-refractivity contribution in [3.05, 3.63) is 64.7 Å². The van der Waals surface area contributed by atoms with Gasteiger partial charge < -0.3 is 9.68 Å². The minimum Gasteiger partial charge on any atom is -0.388 e. The molecule has 0 radical (unpaired) electrons. The molecular weight excluding hydrogens is 402 g/mol. The third-order valence-electron chi connectivity index (χ3n) is 5.68. The standard InChI is InChI=1S/C23H26ClN3O3/c1-16(2)19-5-3-4-6-20(19)25-22(28)29-27-13-11-23(12-14-27)15-21(26-30-23)17-7-9-18(24)10-8-17/h3-10,16H,11-15H2,1-2H3,(H,25,28). The Labute approximate surface area is 181 Å². The van der Waals surface area contributed by atoms with Gasteiger partial charge in [-0.1, -0.05) is 60.9 Å². The van der Waals surface area contributed by atoms with Crippen LogP contribution in [-0.4, -0.2) is 35.6 Å². The molecule has 2 aliphatic rings. The molecule has 2 aliphatic heterocycles. The normalized spacial score (nSPS) is 18.2. The van der Waals surface area contributed by atoms with E-state index in [1.165, 1.54) is 0 Å². The zero-order chi connectivity index (χ0) is 21.1. The molecule has 0 saturated carbocycles. The first-order valence-corrected chi connectivity index (χ1v) is 10.7. The van der Waals surface area contributed by atoms with Gasteiger partial charge in [0.05, 0.1) is 5.71 Å². The zero-order valence-electron chi connectivity index (χ0n) is 17.2. The number of carbonyl (C=O) groups is 1. The molecule has 30 heavy (non-hydrogen) atoms. The number of hydrogen-bond donors (Lipinski definition) is 1. The van der Waals surface area contributed by atoms with Crippen LogP contribution in [0.4, 0.5) is 10.5 Å². The zero-order valence-corrected chi connectivity index (χ0v) is 18.0. The molecule has 7 heteroatoms. The molecular formula is C23H26ClN3O3. The monoisotopic (exact) mass is 427 g/mol. The molecule has 1 N–H and O–H groups in total. The van der Waals surface area contributed by atoms with Crippen molar-refractivity contribution in [3.63, 3.8) is 0 Å². The van der Waals surface area contributed by atoms with E-state index in [1.54, 1.807) is 5.06 Å². The van der Waals surface area contributed by atoms with Gasteiger partial charge in [-0.2, -0.15) is 0 Å². The van der Waals surface area contributed by atoms with E-state index < -0.39 is 6.09 Å². The molecule has 1 saturated heterocycles. The molecule has 2 aromatic carbocycles. The van der Waals surface area contributed by atoms with Crippen molar-refractivity contribution < 1.29 is 14.5 Å². The van der Waals surface area contributed by atoms with Crippen LogP contribution >= 0.6 is 11.6 Å². The van der Waals surface area contributed by atoms with E-state index in [2.05, 4.69) is 24.3 Å². The number of amides is 1. The second-order valence-electron chi connectivity index (χ2n) is 8.17. The summed E-state index contributed by atoms with van der Waals surface area (Å²) in [4.78, 5) is 23.8. The van der Waals surface area contributed by atoms with E-state index in [1.807, 2.05) is 48.5 Å². The number of nitrogens with zero attached hydrogens (tertiary/aromatic N) is 2. The first-order chi connectivity index (χ1) is 14.4. The molecule has 0 aromatic heterocycles. The summed E-state index contributed by atoms with van der Waals surface area (Å²) in [6.07, 6.45) is 1.76. The Morgan fingerprint density at radius 1 is 1.17 bits per heavy atom. The quantitative estimate of drug-likeness (QED) is 0.691. The first-order valence-electron chi connectivity index (χ1n) is 10.3. The highest BCUT2D eigenvalue weighted by molar-refractivity contribution is 6.30. The van der Waals surface area contributed by atoms with E-state index in [0.29, 0.717) is 24.0 Å². The summed E-state index contributed by atoms with van der Waals surface area (Å²) in [5, 5.41) is 9.58. The van der Waals surface area contributed by atoms with Crippen LogP contribution < -0.4 is 5.32 Å². The van der Waals surface area contributed by atoms with Gasteiger partial charge in [0, 0.05) is 43.1 Å². The van der Waals surface area contributed by atoms with Gasteiger partial charge in [-0.05, 0) is 35.2 Å². The fourth-order valence-corrected chi connectivity index (χ4v) is 4.06. The van der Waals surface area contributed by atoms with Gasteiger partial charge in [-0.3, -0.25) is 5.32 Å². The summed E-state index contributed by atoms with van der Waals surface area (Å²) in [7, 11) is 0. The predicted octanol–water partition coefficient (Wildman–Crippen LogP) is 5.59. The highest BCUT2D eigenvalue weighted by Crippen LogP contribution is 2.36. The van der Waals surface area contributed by atoms with Crippen LogP contribution in [0.15, 0.2) is 53.7 Å². The average Bonchev–Trinajstić information content (AvgIpc) is 3.14. The fraction of sp³-hybridized carbons (Fsp3) is 0.391. The highest BCUT2D eigenvalue weighted by atomic mass is 35.5. The minimum absolute atomic E-state index is 0.311. The lowest BCUT2D eigenvalue weighted by Gasteiger charge is -2.35. The number of hydroxylamine groups is 2. The van der Waals surface area contributed by atoms with Crippen molar-refractivity contribution in [1.29, 1.82) is 0 Å². The van der Waals surface area contributed by atoms with Gasteiger partial charge in [0.25, 0.3) is 0 Å².